The van der Waals surface area contributed by atoms with Gasteiger partial charge in [0, 0.05) is 12.1 Å². The van der Waals surface area contributed by atoms with Crippen molar-refractivity contribution in [3.63, 3.8) is 0 Å². The lowest BCUT2D eigenvalue weighted by atomic mass is 10.0. The molecule has 4 nitrogen and oxygen atoms in total. The molecule has 1 aliphatic rings. The van der Waals surface area contributed by atoms with Crippen molar-refractivity contribution in [2.75, 3.05) is 11.9 Å². The monoisotopic (exact) mass is 282 g/mol. The lowest BCUT2D eigenvalue weighted by Gasteiger charge is -2.19. The average molecular weight is 282 g/mol. The largest absolute Gasteiger partial charge is 0.493 e. The molecule has 0 saturated heterocycles. The molecule has 1 heterocycles. The molecule has 0 spiro atoms. The standard InChI is InChI=1S/C17H18N2O2/c1-11-4-2-3-5-14(11)19-16(17(18)20)13-6-7-15-12(10-13)8-9-21-15/h2-7,10,16,19H,8-9H2,1H3,(H2,18,20). The van der Waals surface area contributed by atoms with E-state index in [4.69, 9.17) is 10.5 Å². The summed E-state index contributed by atoms with van der Waals surface area (Å²) < 4.78 is 5.49. The topological polar surface area (TPSA) is 64.3 Å². The van der Waals surface area contributed by atoms with Gasteiger partial charge in [0.05, 0.1) is 6.61 Å². The van der Waals surface area contributed by atoms with Crippen LogP contribution < -0.4 is 15.8 Å². The first-order chi connectivity index (χ1) is 10.1. The first kappa shape index (κ1) is 13.5. The van der Waals surface area contributed by atoms with Crippen LogP contribution >= 0.6 is 0 Å². The predicted molar refractivity (Wildman–Crippen MR) is 82.4 cm³/mol. The minimum absolute atomic E-state index is 0.392. The summed E-state index contributed by atoms with van der Waals surface area (Å²) in [5.41, 5.74) is 9.57. The smallest absolute Gasteiger partial charge is 0.244 e. The fourth-order valence-corrected chi connectivity index (χ4v) is 2.60. The molecule has 108 valence electrons. The minimum Gasteiger partial charge on any atom is -0.493 e. The first-order valence-corrected chi connectivity index (χ1v) is 7.02. The fourth-order valence-electron chi connectivity index (χ4n) is 2.60. The number of aryl methyl sites for hydroxylation is 1. The van der Waals surface area contributed by atoms with Crippen molar-refractivity contribution in [2.45, 2.75) is 19.4 Å². The second-order valence-electron chi connectivity index (χ2n) is 5.26. The number of rotatable bonds is 4. The molecule has 1 amide bonds. The zero-order valence-electron chi connectivity index (χ0n) is 11.9. The molecule has 3 rings (SSSR count). The van der Waals surface area contributed by atoms with Crippen LogP contribution in [0, 0.1) is 6.92 Å². The van der Waals surface area contributed by atoms with Gasteiger partial charge in [-0.3, -0.25) is 4.79 Å². The first-order valence-electron chi connectivity index (χ1n) is 7.02. The number of anilines is 1. The second kappa shape index (κ2) is 5.48. The number of fused-ring (bicyclic) bond motifs is 1. The van der Waals surface area contributed by atoms with Crippen molar-refractivity contribution in [1.82, 2.24) is 0 Å². The highest BCUT2D eigenvalue weighted by atomic mass is 16.5. The van der Waals surface area contributed by atoms with Crippen LogP contribution in [0.25, 0.3) is 0 Å². The van der Waals surface area contributed by atoms with Crippen molar-refractivity contribution in [1.29, 1.82) is 0 Å². The lowest BCUT2D eigenvalue weighted by Crippen LogP contribution is -2.28. The zero-order chi connectivity index (χ0) is 14.8. The predicted octanol–water partition coefficient (Wildman–Crippen LogP) is 2.57. The third kappa shape index (κ3) is 2.70. The van der Waals surface area contributed by atoms with E-state index >= 15 is 0 Å². The summed E-state index contributed by atoms with van der Waals surface area (Å²) in [7, 11) is 0. The quantitative estimate of drug-likeness (QED) is 0.906. The molecule has 1 aliphatic heterocycles. The van der Waals surface area contributed by atoms with Crippen LogP contribution in [0.2, 0.25) is 0 Å². The van der Waals surface area contributed by atoms with E-state index in [1.165, 1.54) is 0 Å². The van der Waals surface area contributed by atoms with Gasteiger partial charge in [0.2, 0.25) is 5.91 Å². The molecular formula is C17H18N2O2. The summed E-state index contributed by atoms with van der Waals surface area (Å²) in [6.07, 6.45) is 0.874. The number of ether oxygens (including phenoxy) is 1. The van der Waals surface area contributed by atoms with Crippen LogP contribution in [-0.4, -0.2) is 12.5 Å². The maximum atomic E-state index is 11.8. The van der Waals surface area contributed by atoms with Crippen molar-refractivity contribution < 1.29 is 9.53 Å². The molecule has 0 aliphatic carbocycles. The molecule has 0 aromatic heterocycles. The number of nitrogens with one attached hydrogen (secondary N) is 1. The van der Waals surface area contributed by atoms with Crippen LogP contribution in [0.5, 0.6) is 5.75 Å². The Labute approximate surface area is 123 Å². The Hall–Kier alpha value is -2.49. The Morgan fingerprint density at radius 3 is 2.86 bits per heavy atom. The molecule has 0 bridgehead atoms. The van der Waals surface area contributed by atoms with Crippen LogP contribution in [0.1, 0.15) is 22.7 Å². The van der Waals surface area contributed by atoms with Crippen LogP contribution in [0.3, 0.4) is 0 Å². The minimum atomic E-state index is -0.544. The van der Waals surface area contributed by atoms with Gasteiger partial charge in [-0.15, -0.1) is 0 Å². The van der Waals surface area contributed by atoms with Crippen molar-refractivity contribution in [2.24, 2.45) is 5.73 Å². The molecule has 1 atom stereocenters. The Balaban J connectivity index is 1.92. The number of benzene rings is 2. The van der Waals surface area contributed by atoms with Crippen LogP contribution in [0.4, 0.5) is 5.69 Å². The molecular weight excluding hydrogens is 264 g/mol. The summed E-state index contributed by atoms with van der Waals surface area (Å²) in [4.78, 5) is 11.8. The number of primary amides is 1. The van der Waals surface area contributed by atoms with E-state index in [0.29, 0.717) is 6.61 Å². The fraction of sp³-hybridized carbons (Fsp3) is 0.235. The summed E-state index contributed by atoms with van der Waals surface area (Å²) in [6, 6.07) is 13.1. The summed E-state index contributed by atoms with van der Waals surface area (Å²) in [5.74, 6) is 0.509. The highest BCUT2D eigenvalue weighted by Gasteiger charge is 2.21. The highest BCUT2D eigenvalue weighted by molar-refractivity contribution is 5.85. The third-order valence-electron chi connectivity index (χ3n) is 3.78. The third-order valence-corrected chi connectivity index (χ3v) is 3.78. The van der Waals surface area contributed by atoms with Gasteiger partial charge in [0.1, 0.15) is 11.8 Å². The van der Waals surface area contributed by atoms with E-state index in [-0.39, 0.29) is 0 Å². The molecule has 1 unspecified atom stereocenters. The number of nitrogens with two attached hydrogens (primary N) is 1. The molecule has 3 N–H and O–H groups in total. The highest BCUT2D eigenvalue weighted by Crippen LogP contribution is 2.30. The molecule has 0 saturated carbocycles. The van der Waals surface area contributed by atoms with E-state index in [9.17, 15) is 4.79 Å². The van der Waals surface area contributed by atoms with Gasteiger partial charge < -0.3 is 15.8 Å². The maximum Gasteiger partial charge on any atom is 0.244 e. The lowest BCUT2D eigenvalue weighted by molar-refractivity contribution is -0.118. The van der Waals surface area contributed by atoms with Crippen molar-refractivity contribution in [3.8, 4) is 5.75 Å². The van der Waals surface area contributed by atoms with E-state index in [2.05, 4.69) is 5.32 Å². The Morgan fingerprint density at radius 1 is 1.29 bits per heavy atom. The molecule has 0 radical (unpaired) electrons. The van der Waals surface area contributed by atoms with Crippen LogP contribution in [0.15, 0.2) is 42.5 Å². The number of hydrogen-bond donors (Lipinski definition) is 2. The summed E-state index contributed by atoms with van der Waals surface area (Å²) in [5, 5.41) is 3.24. The number of para-hydroxylation sites is 1. The summed E-state index contributed by atoms with van der Waals surface area (Å²) >= 11 is 0. The molecule has 4 heteroatoms. The summed E-state index contributed by atoms with van der Waals surface area (Å²) in [6.45, 7) is 2.70. The molecule has 0 fully saturated rings. The molecule has 21 heavy (non-hydrogen) atoms. The van der Waals surface area contributed by atoms with Crippen molar-refractivity contribution in [3.05, 3.63) is 59.2 Å². The van der Waals surface area contributed by atoms with Gasteiger partial charge >= 0.3 is 0 Å². The van der Waals surface area contributed by atoms with Gasteiger partial charge in [0.15, 0.2) is 0 Å². The van der Waals surface area contributed by atoms with E-state index < -0.39 is 11.9 Å². The van der Waals surface area contributed by atoms with Crippen LogP contribution in [-0.2, 0) is 11.2 Å². The zero-order valence-corrected chi connectivity index (χ0v) is 11.9. The van der Waals surface area contributed by atoms with E-state index in [1.54, 1.807) is 0 Å². The molecule has 2 aromatic rings. The number of carbonyl (C=O) groups is 1. The van der Waals surface area contributed by atoms with Gasteiger partial charge in [-0.05, 0) is 41.8 Å². The Morgan fingerprint density at radius 2 is 2.10 bits per heavy atom. The number of hydrogen-bond acceptors (Lipinski definition) is 3. The van der Waals surface area contributed by atoms with Crippen molar-refractivity contribution >= 4 is 11.6 Å². The Bertz CT molecular complexity index is 682. The number of amides is 1. The van der Waals surface area contributed by atoms with Gasteiger partial charge in [-0.25, -0.2) is 0 Å². The van der Waals surface area contributed by atoms with Gasteiger partial charge in [-0.2, -0.15) is 0 Å². The molecule has 2 aromatic carbocycles. The average Bonchev–Trinajstić information content (AvgIpc) is 2.93. The SMILES string of the molecule is Cc1ccccc1NC(C(N)=O)c1ccc2c(c1)CCO2. The van der Waals surface area contributed by atoms with E-state index in [1.807, 2.05) is 49.4 Å². The van der Waals surface area contributed by atoms with E-state index in [0.717, 1.165) is 34.5 Å². The second-order valence-corrected chi connectivity index (χ2v) is 5.26. The Kier molecular flexibility index (Phi) is 3.52. The maximum absolute atomic E-state index is 11.8. The van der Waals surface area contributed by atoms with Gasteiger partial charge in [-0.1, -0.05) is 24.3 Å². The van der Waals surface area contributed by atoms with Gasteiger partial charge in [0.25, 0.3) is 0 Å². The normalized spacial score (nSPS) is 14.1. The number of carbonyl (C=O) groups excluding carboxylic acids is 1.